The van der Waals surface area contributed by atoms with Crippen LogP contribution in [0.1, 0.15) is 59.8 Å². The van der Waals surface area contributed by atoms with Crippen molar-refractivity contribution in [2.24, 2.45) is 0 Å². The van der Waals surface area contributed by atoms with Crippen molar-refractivity contribution >= 4 is 12.1 Å². The first-order chi connectivity index (χ1) is 10.3. The van der Waals surface area contributed by atoms with E-state index in [9.17, 15) is 9.59 Å². The Balaban J connectivity index is 4.13. The van der Waals surface area contributed by atoms with Crippen molar-refractivity contribution in [3.8, 4) is 0 Å². The molecule has 0 bridgehead atoms. The average molecular weight is 317 g/mol. The highest BCUT2D eigenvalue weighted by Crippen LogP contribution is 2.10. The van der Waals surface area contributed by atoms with Crippen molar-refractivity contribution in [3.63, 3.8) is 0 Å². The summed E-state index contributed by atoms with van der Waals surface area (Å²) in [6.07, 6.45) is 3.47. The van der Waals surface area contributed by atoms with Crippen LogP contribution in [-0.2, 0) is 14.3 Å². The fourth-order valence-corrected chi connectivity index (χ4v) is 1.77. The van der Waals surface area contributed by atoms with Crippen LogP contribution in [0.3, 0.4) is 0 Å². The first-order valence-corrected chi connectivity index (χ1v) is 8.03. The standard InChI is InChI=1S/C16H31NO5/c1-5-6-7-12-21-13-8-10-17(11-9-14(18)19)15(20)22-16(2,3)4/h5-13H2,1-4H3,(H,18,19). The van der Waals surface area contributed by atoms with Crippen molar-refractivity contribution in [3.05, 3.63) is 0 Å². The minimum atomic E-state index is -0.927. The lowest BCUT2D eigenvalue weighted by Gasteiger charge is -2.27. The molecule has 0 radical (unpaired) electrons. The van der Waals surface area contributed by atoms with Gasteiger partial charge in [0.15, 0.2) is 0 Å². The quantitative estimate of drug-likeness (QED) is 0.592. The summed E-state index contributed by atoms with van der Waals surface area (Å²) in [6, 6.07) is 0. The van der Waals surface area contributed by atoms with Crippen molar-refractivity contribution in [2.75, 3.05) is 26.3 Å². The van der Waals surface area contributed by atoms with Gasteiger partial charge in [-0.3, -0.25) is 4.79 Å². The topological polar surface area (TPSA) is 76.1 Å². The SMILES string of the molecule is CCCCCOCCCN(CCC(=O)O)C(=O)OC(C)(C)C. The van der Waals surface area contributed by atoms with Gasteiger partial charge in [-0.15, -0.1) is 0 Å². The second-order valence-electron chi connectivity index (χ2n) is 6.28. The minimum absolute atomic E-state index is 0.0867. The molecule has 1 N–H and O–H groups in total. The van der Waals surface area contributed by atoms with E-state index in [1.165, 1.54) is 4.90 Å². The molecule has 0 heterocycles. The van der Waals surface area contributed by atoms with Crippen LogP contribution in [0.4, 0.5) is 4.79 Å². The summed E-state index contributed by atoms with van der Waals surface area (Å²) >= 11 is 0. The molecule has 0 aliphatic heterocycles. The van der Waals surface area contributed by atoms with Crippen LogP contribution in [0.15, 0.2) is 0 Å². The van der Waals surface area contributed by atoms with Crippen LogP contribution in [0.5, 0.6) is 0 Å². The third-order valence-corrected chi connectivity index (χ3v) is 2.86. The number of hydrogen-bond acceptors (Lipinski definition) is 4. The summed E-state index contributed by atoms with van der Waals surface area (Å²) < 4.78 is 10.8. The van der Waals surface area contributed by atoms with E-state index in [1.807, 2.05) is 0 Å². The van der Waals surface area contributed by atoms with E-state index in [-0.39, 0.29) is 13.0 Å². The molecule has 0 aromatic carbocycles. The Morgan fingerprint density at radius 2 is 1.68 bits per heavy atom. The number of rotatable bonds is 11. The molecule has 0 aromatic rings. The summed E-state index contributed by atoms with van der Waals surface area (Å²) in [5.41, 5.74) is -0.588. The molecule has 0 aliphatic rings. The first-order valence-electron chi connectivity index (χ1n) is 8.03. The zero-order chi connectivity index (χ0) is 17.0. The summed E-state index contributed by atoms with van der Waals surface area (Å²) in [5.74, 6) is -0.927. The molecule has 6 heteroatoms. The molecule has 0 spiro atoms. The second kappa shape index (κ2) is 11.3. The Morgan fingerprint density at radius 1 is 1.05 bits per heavy atom. The molecule has 0 saturated heterocycles. The number of hydrogen-bond donors (Lipinski definition) is 1. The maximum atomic E-state index is 12.0. The van der Waals surface area contributed by atoms with Gasteiger partial charge >= 0.3 is 12.1 Å². The first kappa shape index (κ1) is 20.7. The molecule has 1 amide bonds. The van der Waals surface area contributed by atoms with Crippen molar-refractivity contribution in [2.45, 2.75) is 65.4 Å². The van der Waals surface area contributed by atoms with Gasteiger partial charge in [0, 0.05) is 26.3 Å². The molecule has 130 valence electrons. The Labute approximate surface area is 133 Å². The second-order valence-corrected chi connectivity index (χ2v) is 6.28. The number of carbonyl (C=O) groups excluding carboxylic acids is 1. The number of carboxylic acids is 1. The largest absolute Gasteiger partial charge is 0.481 e. The normalized spacial score (nSPS) is 11.3. The predicted octanol–water partition coefficient (Wildman–Crippen LogP) is 3.30. The van der Waals surface area contributed by atoms with E-state index in [1.54, 1.807) is 20.8 Å². The molecule has 0 aromatic heterocycles. The Morgan fingerprint density at radius 3 is 2.23 bits per heavy atom. The summed E-state index contributed by atoms with van der Waals surface area (Å²) in [6.45, 7) is 9.40. The molecular weight excluding hydrogens is 286 g/mol. The molecule has 22 heavy (non-hydrogen) atoms. The Kier molecular flexibility index (Phi) is 10.6. The number of ether oxygens (including phenoxy) is 2. The van der Waals surface area contributed by atoms with Gasteiger partial charge in [0.2, 0.25) is 0 Å². The van der Waals surface area contributed by atoms with Crippen LogP contribution in [0.2, 0.25) is 0 Å². The van der Waals surface area contributed by atoms with Crippen molar-refractivity contribution in [1.29, 1.82) is 0 Å². The summed E-state index contributed by atoms with van der Waals surface area (Å²) in [7, 11) is 0. The molecule has 0 unspecified atom stereocenters. The monoisotopic (exact) mass is 317 g/mol. The predicted molar refractivity (Wildman–Crippen MR) is 85.0 cm³/mol. The molecular formula is C16H31NO5. The zero-order valence-electron chi connectivity index (χ0n) is 14.4. The number of carboxylic acid groups (broad SMARTS) is 1. The van der Waals surface area contributed by atoms with Gasteiger partial charge in [-0.05, 0) is 33.6 Å². The number of unbranched alkanes of at least 4 members (excludes halogenated alkanes) is 2. The van der Waals surface area contributed by atoms with Gasteiger partial charge in [0.1, 0.15) is 5.60 Å². The third kappa shape index (κ3) is 12.4. The van der Waals surface area contributed by atoms with Gasteiger partial charge in [-0.2, -0.15) is 0 Å². The van der Waals surface area contributed by atoms with E-state index in [0.29, 0.717) is 19.6 Å². The number of nitrogens with zero attached hydrogens (tertiary/aromatic N) is 1. The molecule has 0 saturated carbocycles. The lowest BCUT2D eigenvalue weighted by molar-refractivity contribution is -0.137. The third-order valence-electron chi connectivity index (χ3n) is 2.86. The van der Waals surface area contributed by atoms with Crippen LogP contribution < -0.4 is 0 Å². The van der Waals surface area contributed by atoms with Crippen LogP contribution in [0.25, 0.3) is 0 Å². The molecule has 0 aliphatic carbocycles. The fourth-order valence-electron chi connectivity index (χ4n) is 1.77. The summed E-state index contributed by atoms with van der Waals surface area (Å²) in [4.78, 5) is 24.2. The maximum absolute atomic E-state index is 12.0. The lowest BCUT2D eigenvalue weighted by Crippen LogP contribution is -2.39. The van der Waals surface area contributed by atoms with E-state index in [4.69, 9.17) is 14.6 Å². The maximum Gasteiger partial charge on any atom is 0.410 e. The number of amides is 1. The fraction of sp³-hybridized carbons (Fsp3) is 0.875. The van der Waals surface area contributed by atoms with Gasteiger partial charge in [-0.25, -0.2) is 4.79 Å². The summed E-state index contributed by atoms with van der Waals surface area (Å²) in [5, 5.41) is 8.77. The zero-order valence-corrected chi connectivity index (χ0v) is 14.4. The van der Waals surface area contributed by atoms with Gasteiger partial charge in [0.25, 0.3) is 0 Å². The highest BCUT2D eigenvalue weighted by molar-refractivity contribution is 5.70. The Bertz CT molecular complexity index is 325. The highest BCUT2D eigenvalue weighted by Gasteiger charge is 2.22. The van der Waals surface area contributed by atoms with Crippen LogP contribution in [-0.4, -0.2) is 54.0 Å². The van der Waals surface area contributed by atoms with E-state index in [2.05, 4.69) is 6.92 Å². The van der Waals surface area contributed by atoms with Gasteiger partial charge in [-0.1, -0.05) is 19.8 Å². The average Bonchev–Trinajstić information content (AvgIpc) is 2.38. The van der Waals surface area contributed by atoms with E-state index in [0.717, 1.165) is 25.9 Å². The lowest BCUT2D eigenvalue weighted by atomic mass is 10.2. The van der Waals surface area contributed by atoms with Crippen LogP contribution >= 0.6 is 0 Å². The van der Waals surface area contributed by atoms with Crippen molar-refractivity contribution < 1.29 is 24.2 Å². The molecule has 0 rings (SSSR count). The molecule has 0 fully saturated rings. The van der Waals surface area contributed by atoms with E-state index >= 15 is 0 Å². The van der Waals surface area contributed by atoms with Gasteiger partial charge < -0.3 is 19.5 Å². The van der Waals surface area contributed by atoms with Crippen molar-refractivity contribution in [1.82, 2.24) is 4.90 Å². The van der Waals surface area contributed by atoms with Gasteiger partial charge in [0.05, 0.1) is 6.42 Å². The highest BCUT2D eigenvalue weighted by atomic mass is 16.6. The molecule has 0 atom stereocenters. The van der Waals surface area contributed by atoms with E-state index < -0.39 is 17.7 Å². The minimum Gasteiger partial charge on any atom is -0.481 e. The number of carbonyl (C=O) groups is 2. The number of aliphatic carboxylic acids is 1. The smallest absolute Gasteiger partial charge is 0.410 e. The Hall–Kier alpha value is -1.30. The molecule has 6 nitrogen and oxygen atoms in total. The van der Waals surface area contributed by atoms with Crippen LogP contribution in [0, 0.1) is 0 Å².